The van der Waals surface area contributed by atoms with E-state index in [4.69, 9.17) is 4.98 Å². The zero-order chi connectivity index (χ0) is 20.9. The summed E-state index contributed by atoms with van der Waals surface area (Å²) in [7, 11) is 0. The van der Waals surface area contributed by atoms with Crippen LogP contribution in [0.5, 0.6) is 0 Å². The Morgan fingerprint density at radius 1 is 1.10 bits per heavy atom. The minimum atomic E-state index is -0.0886. The number of hydrogen-bond acceptors (Lipinski definition) is 3. The van der Waals surface area contributed by atoms with Crippen LogP contribution in [0.1, 0.15) is 47.4 Å². The minimum absolute atomic E-state index is 0.00290. The highest BCUT2D eigenvalue weighted by Crippen LogP contribution is 2.18. The first kappa shape index (κ1) is 20.1. The van der Waals surface area contributed by atoms with Crippen molar-refractivity contribution in [3.05, 3.63) is 88.5 Å². The van der Waals surface area contributed by atoms with Crippen molar-refractivity contribution >= 4 is 16.8 Å². The van der Waals surface area contributed by atoms with Crippen LogP contribution in [0.25, 0.3) is 10.9 Å². The van der Waals surface area contributed by atoms with E-state index in [0.29, 0.717) is 29.6 Å². The van der Waals surface area contributed by atoms with E-state index in [1.165, 1.54) is 6.42 Å². The summed E-state index contributed by atoms with van der Waals surface area (Å²) in [5.74, 6) is 0.748. The predicted octanol–water partition coefficient (Wildman–Crippen LogP) is 4.34. The van der Waals surface area contributed by atoms with Gasteiger partial charge in [-0.25, -0.2) is 4.98 Å². The van der Waals surface area contributed by atoms with Gasteiger partial charge in [0.15, 0.2) is 0 Å². The lowest BCUT2D eigenvalue weighted by Gasteiger charge is -2.22. The normalized spacial score (nSPS) is 13.9. The first-order chi connectivity index (χ1) is 14.7. The summed E-state index contributed by atoms with van der Waals surface area (Å²) in [6.45, 7) is 5.47. The van der Waals surface area contributed by atoms with Crippen molar-refractivity contribution in [3.8, 4) is 0 Å². The van der Waals surface area contributed by atoms with Crippen LogP contribution in [0.2, 0.25) is 0 Å². The van der Waals surface area contributed by atoms with E-state index in [2.05, 4.69) is 6.58 Å². The summed E-state index contributed by atoms with van der Waals surface area (Å²) in [5, 5.41) is 0.578. The Bertz CT molecular complexity index is 1120. The van der Waals surface area contributed by atoms with Crippen LogP contribution in [0.3, 0.4) is 0 Å². The number of aryl methyl sites for hydroxylation is 1. The lowest BCUT2D eigenvalue weighted by molar-refractivity contribution is 0.0763. The van der Waals surface area contributed by atoms with Crippen molar-refractivity contribution in [1.29, 1.82) is 0 Å². The SMILES string of the molecule is C=CCN(Cc1ccccc1)C(=O)c1ccc2c(=O)n3c(nc2c1)CCCCCC3. The van der Waals surface area contributed by atoms with Gasteiger partial charge in [0.05, 0.1) is 10.9 Å². The van der Waals surface area contributed by atoms with E-state index in [1.54, 1.807) is 29.2 Å². The van der Waals surface area contributed by atoms with E-state index < -0.39 is 0 Å². The smallest absolute Gasteiger partial charge is 0.261 e. The maximum absolute atomic E-state index is 13.2. The first-order valence-corrected chi connectivity index (χ1v) is 10.6. The summed E-state index contributed by atoms with van der Waals surface area (Å²) < 4.78 is 1.82. The summed E-state index contributed by atoms with van der Waals surface area (Å²) >= 11 is 0. The maximum atomic E-state index is 13.2. The van der Waals surface area contributed by atoms with Gasteiger partial charge in [-0.2, -0.15) is 0 Å². The Labute approximate surface area is 176 Å². The third kappa shape index (κ3) is 4.20. The molecular weight excluding hydrogens is 374 g/mol. The van der Waals surface area contributed by atoms with Crippen LogP contribution < -0.4 is 5.56 Å². The molecule has 1 aliphatic heterocycles. The van der Waals surface area contributed by atoms with E-state index in [9.17, 15) is 9.59 Å². The number of hydrogen-bond donors (Lipinski definition) is 0. The predicted molar refractivity (Wildman–Crippen MR) is 120 cm³/mol. The van der Waals surface area contributed by atoms with Crippen molar-refractivity contribution in [2.75, 3.05) is 6.54 Å². The topological polar surface area (TPSA) is 55.2 Å². The highest BCUT2D eigenvalue weighted by Gasteiger charge is 2.18. The van der Waals surface area contributed by atoms with E-state index in [-0.39, 0.29) is 11.5 Å². The highest BCUT2D eigenvalue weighted by atomic mass is 16.2. The molecule has 1 amide bonds. The number of carbonyl (C=O) groups is 1. The second kappa shape index (κ2) is 9.08. The quantitative estimate of drug-likeness (QED) is 0.598. The molecule has 0 radical (unpaired) electrons. The zero-order valence-electron chi connectivity index (χ0n) is 17.2. The van der Waals surface area contributed by atoms with Gasteiger partial charge in [0, 0.05) is 31.6 Å². The number of carbonyl (C=O) groups excluding carboxylic acids is 1. The fourth-order valence-electron chi connectivity index (χ4n) is 4.09. The number of amides is 1. The van der Waals surface area contributed by atoms with Gasteiger partial charge in [-0.15, -0.1) is 6.58 Å². The molecule has 5 nitrogen and oxygen atoms in total. The van der Waals surface area contributed by atoms with Crippen LogP contribution in [0.15, 0.2) is 66.0 Å². The molecule has 1 aromatic heterocycles. The molecule has 0 saturated heterocycles. The molecule has 1 aliphatic rings. The Morgan fingerprint density at radius 2 is 1.90 bits per heavy atom. The molecular formula is C25H27N3O2. The number of benzene rings is 2. The second-order valence-corrected chi connectivity index (χ2v) is 7.84. The van der Waals surface area contributed by atoms with Gasteiger partial charge in [0.2, 0.25) is 0 Å². The van der Waals surface area contributed by atoms with Gasteiger partial charge in [-0.1, -0.05) is 49.2 Å². The molecule has 3 aromatic rings. The molecule has 5 heteroatoms. The van der Waals surface area contributed by atoms with Crippen molar-refractivity contribution in [3.63, 3.8) is 0 Å². The summed E-state index contributed by atoms with van der Waals surface area (Å²) in [6, 6.07) is 15.2. The third-order valence-electron chi connectivity index (χ3n) is 5.67. The molecule has 2 aromatic carbocycles. The average molecular weight is 402 g/mol. The maximum Gasteiger partial charge on any atom is 0.261 e. The summed E-state index contributed by atoms with van der Waals surface area (Å²) in [4.78, 5) is 32.8. The molecule has 0 atom stereocenters. The Kier molecular flexibility index (Phi) is 6.07. The van der Waals surface area contributed by atoms with Crippen molar-refractivity contribution < 1.29 is 4.79 Å². The zero-order valence-corrected chi connectivity index (χ0v) is 17.2. The van der Waals surface area contributed by atoms with Gasteiger partial charge in [0.1, 0.15) is 5.82 Å². The minimum Gasteiger partial charge on any atom is -0.331 e. The van der Waals surface area contributed by atoms with Crippen molar-refractivity contribution in [1.82, 2.24) is 14.5 Å². The highest BCUT2D eigenvalue weighted by molar-refractivity contribution is 5.97. The van der Waals surface area contributed by atoms with Crippen LogP contribution in [-0.2, 0) is 19.5 Å². The lowest BCUT2D eigenvalue weighted by atomic mass is 10.1. The molecule has 154 valence electrons. The second-order valence-electron chi connectivity index (χ2n) is 7.84. The Morgan fingerprint density at radius 3 is 2.70 bits per heavy atom. The fourth-order valence-corrected chi connectivity index (χ4v) is 4.09. The van der Waals surface area contributed by atoms with Crippen LogP contribution >= 0.6 is 0 Å². The summed E-state index contributed by atoms with van der Waals surface area (Å²) in [6.07, 6.45) is 6.91. The molecule has 0 unspecified atom stereocenters. The van der Waals surface area contributed by atoms with E-state index in [1.807, 2.05) is 34.9 Å². The van der Waals surface area contributed by atoms with Gasteiger partial charge in [-0.3, -0.25) is 14.2 Å². The van der Waals surface area contributed by atoms with Crippen LogP contribution in [0, 0.1) is 0 Å². The molecule has 0 saturated carbocycles. The number of rotatable bonds is 5. The average Bonchev–Trinajstić information content (AvgIpc) is 2.75. The molecule has 0 fully saturated rings. The molecule has 0 bridgehead atoms. The van der Waals surface area contributed by atoms with Gasteiger partial charge in [0.25, 0.3) is 11.5 Å². The Hall–Kier alpha value is -3.21. The van der Waals surface area contributed by atoms with Gasteiger partial charge in [-0.05, 0) is 36.6 Å². The number of nitrogens with zero attached hydrogens (tertiary/aromatic N) is 3. The largest absolute Gasteiger partial charge is 0.331 e. The molecule has 30 heavy (non-hydrogen) atoms. The van der Waals surface area contributed by atoms with E-state index in [0.717, 1.165) is 43.6 Å². The Balaban J connectivity index is 1.69. The lowest BCUT2D eigenvalue weighted by Crippen LogP contribution is -2.31. The van der Waals surface area contributed by atoms with Crippen LogP contribution in [-0.4, -0.2) is 26.9 Å². The van der Waals surface area contributed by atoms with Crippen molar-refractivity contribution in [2.45, 2.75) is 45.2 Å². The standard InChI is InChI=1S/C25H27N3O2/c1-2-15-27(18-19-10-6-5-7-11-19)24(29)20-13-14-21-22(17-20)26-23-12-8-3-4-9-16-28(23)25(21)30/h2,5-7,10-11,13-14,17H,1,3-4,8-9,12,15-16,18H2. The van der Waals surface area contributed by atoms with E-state index >= 15 is 0 Å². The third-order valence-corrected chi connectivity index (χ3v) is 5.67. The molecule has 4 rings (SSSR count). The molecule has 0 aliphatic carbocycles. The molecule has 0 spiro atoms. The van der Waals surface area contributed by atoms with Gasteiger partial charge < -0.3 is 4.90 Å². The van der Waals surface area contributed by atoms with Crippen LogP contribution in [0.4, 0.5) is 0 Å². The number of fused-ring (bicyclic) bond motifs is 2. The first-order valence-electron chi connectivity index (χ1n) is 10.6. The van der Waals surface area contributed by atoms with Crippen molar-refractivity contribution in [2.24, 2.45) is 0 Å². The number of aromatic nitrogens is 2. The van der Waals surface area contributed by atoms with Gasteiger partial charge >= 0.3 is 0 Å². The molecule has 0 N–H and O–H groups in total. The molecule has 2 heterocycles. The summed E-state index contributed by atoms with van der Waals surface area (Å²) in [5.41, 5.74) is 2.22. The fraction of sp³-hybridized carbons (Fsp3) is 0.320. The monoisotopic (exact) mass is 401 g/mol.